The van der Waals surface area contributed by atoms with E-state index in [1.54, 1.807) is 23.9 Å². The first-order valence-corrected chi connectivity index (χ1v) is 13.8. The van der Waals surface area contributed by atoms with Gasteiger partial charge in [0.15, 0.2) is 5.82 Å². The number of aromatic nitrogens is 5. The number of hydrogen-bond donors (Lipinski definition) is 1. The number of hydrogen-bond acceptors (Lipinski definition) is 7. The van der Waals surface area contributed by atoms with E-state index in [2.05, 4.69) is 30.3 Å². The molecule has 204 valence electrons. The topological polar surface area (TPSA) is 92.2 Å². The molecule has 1 aliphatic carbocycles. The SMILES string of the molecule is COc1ccc2cc([C@@H](c3nnnn3Cc3ccc(F)cc3)N3CCN(C4CCCCC4)CC3)c(=O)[nH]c2c1. The number of fused-ring (bicyclic) bond motifs is 1. The zero-order valence-corrected chi connectivity index (χ0v) is 22.2. The van der Waals surface area contributed by atoms with Crippen molar-refractivity contribution in [3.05, 3.63) is 81.7 Å². The van der Waals surface area contributed by atoms with Gasteiger partial charge in [-0.25, -0.2) is 9.07 Å². The van der Waals surface area contributed by atoms with Crippen molar-refractivity contribution < 1.29 is 9.13 Å². The molecule has 3 heterocycles. The molecule has 6 rings (SSSR count). The van der Waals surface area contributed by atoms with Gasteiger partial charge in [-0.2, -0.15) is 0 Å². The maximum atomic E-state index is 13.6. The number of pyridine rings is 1. The third-order valence-corrected chi connectivity index (χ3v) is 8.23. The maximum absolute atomic E-state index is 13.6. The van der Waals surface area contributed by atoms with Crippen molar-refractivity contribution in [1.82, 2.24) is 35.0 Å². The lowest BCUT2D eigenvalue weighted by Crippen LogP contribution is -2.52. The molecule has 1 saturated heterocycles. The average Bonchev–Trinajstić information content (AvgIpc) is 3.42. The second-order valence-corrected chi connectivity index (χ2v) is 10.6. The second kappa shape index (κ2) is 11.2. The Hall–Kier alpha value is -3.63. The Morgan fingerprint density at radius 1 is 1.03 bits per heavy atom. The van der Waals surface area contributed by atoms with Crippen molar-refractivity contribution in [2.24, 2.45) is 0 Å². The number of tetrazole rings is 1. The van der Waals surface area contributed by atoms with Gasteiger partial charge in [-0.3, -0.25) is 14.6 Å². The number of methoxy groups -OCH3 is 1. The zero-order chi connectivity index (χ0) is 26.8. The van der Waals surface area contributed by atoms with Crippen LogP contribution in [0.25, 0.3) is 10.9 Å². The maximum Gasteiger partial charge on any atom is 0.253 e. The molecule has 39 heavy (non-hydrogen) atoms. The van der Waals surface area contributed by atoms with Crippen LogP contribution in [0.2, 0.25) is 0 Å². The van der Waals surface area contributed by atoms with E-state index in [1.807, 2.05) is 24.3 Å². The van der Waals surface area contributed by atoms with Gasteiger partial charge in [0.25, 0.3) is 5.56 Å². The van der Waals surface area contributed by atoms with Crippen molar-refractivity contribution in [3.8, 4) is 5.75 Å². The minimum absolute atomic E-state index is 0.174. The summed E-state index contributed by atoms with van der Waals surface area (Å²) in [5.74, 6) is 0.997. The third kappa shape index (κ3) is 5.44. The summed E-state index contributed by atoms with van der Waals surface area (Å²) in [6.07, 6.45) is 6.50. The predicted molar refractivity (Wildman–Crippen MR) is 146 cm³/mol. The van der Waals surface area contributed by atoms with Crippen LogP contribution in [-0.4, -0.2) is 74.3 Å². The van der Waals surface area contributed by atoms with E-state index >= 15 is 0 Å². The monoisotopic (exact) mass is 531 g/mol. The highest BCUT2D eigenvalue weighted by atomic mass is 19.1. The summed E-state index contributed by atoms with van der Waals surface area (Å²) in [6, 6.07) is 14.2. The van der Waals surface area contributed by atoms with Crippen molar-refractivity contribution in [2.75, 3.05) is 33.3 Å². The first-order chi connectivity index (χ1) is 19.1. The Morgan fingerprint density at radius 3 is 2.54 bits per heavy atom. The van der Waals surface area contributed by atoms with E-state index < -0.39 is 6.04 Å². The lowest BCUT2D eigenvalue weighted by Gasteiger charge is -2.42. The van der Waals surface area contributed by atoms with Gasteiger partial charge >= 0.3 is 0 Å². The quantitative estimate of drug-likeness (QED) is 0.388. The Labute approximate surface area is 226 Å². The molecule has 1 aliphatic heterocycles. The smallest absolute Gasteiger partial charge is 0.253 e. The molecule has 0 amide bonds. The molecule has 0 bridgehead atoms. The van der Waals surface area contributed by atoms with Gasteiger partial charge in [-0.15, -0.1) is 5.10 Å². The Balaban J connectivity index is 1.36. The van der Waals surface area contributed by atoms with Crippen molar-refractivity contribution in [2.45, 2.75) is 50.7 Å². The number of H-pyrrole nitrogens is 1. The molecule has 10 heteroatoms. The molecule has 0 spiro atoms. The van der Waals surface area contributed by atoms with Crippen LogP contribution in [0, 0.1) is 5.82 Å². The van der Waals surface area contributed by atoms with E-state index in [-0.39, 0.29) is 11.4 Å². The van der Waals surface area contributed by atoms with Gasteiger partial charge in [0, 0.05) is 43.9 Å². The predicted octanol–water partition coefficient (Wildman–Crippen LogP) is 3.75. The minimum Gasteiger partial charge on any atom is -0.497 e. The molecule has 2 fully saturated rings. The van der Waals surface area contributed by atoms with E-state index in [1.165, 1.54) is 44.2 Å². The van der Waals surface area contributed by atoms with E-state index in [0.29, 0.717) is 29.7 Å². The van der Waals surface area contributed by atoms with Crippen molar-refractivity contribution >= 4 is 10.9 Å². The number of piperazine rings is 1. The van der Waals surface area contributed by atoms with Gasteiger partial charge < -0.3 is 9.72 Å². The fourth-order valence-electron chi connectivity index (χ4n) is 6.12. The van der Waals surface area contributed by atoms with Gasteiger partial charge in [0.2, 0.25) is 0 Å². The molecule has 2 aliphatic rings. The Bertz CT molecular complexity index is 1470. The van der Waals surface area contributed by atoms with E-state index in [0.717, 1.165) is 42.6 Å². The summed E-state index contributed by atoms with van der Waals surface area (Å²) >= 11 is 0. The molecular formula is C29H34FN7O2. The van der Waals surface area contributed by atoms with Crippen LogP contribution in [0.3, 0.4) is 0 Å². The largest absolute Gasteiger partial charge is 0.497 e. The number of aromatic amines is 1. The zero-order valence-electron chi connectivity index (χ0n) is 22.2. The van der Waals surface area contributed by atoms with Gasteiger partial charge in [-0.05, 0) is 64.5 Å². The number of nitrogens with one attached hydrogen (secondary N) is 1. The highest BCUT2D eigenvalue weighted by Gasteiger charge is 2.34. The average molecular weight is 532 g/mol. The number of halogens is 1. The van der Waals surface area contributed by atoms with Crippen LogP contribution in [0.5, 0.6) is 5.75 Å². The van der Waals surface area contributed by atoms with Crippen molar-refractivity contribution in [3.63, 3.8) is 0 Å². The summed E-state index contributed by atoms with van der Waals surface area (Å²) in [5.41, 5.74) is 2.03. The molecule has 1 N–H and O–H groups in total. The van der Waals surface area contributed by atoms with Gasteiger partial charge in [0.05, 0.1) is 19.2 Å². The van der Waals surface area contributed by atoms with Crippen LogP contribution in [0.15, 0.2) is 53.3 Å². The number of benzene rings is 2. The Kier molecular flexibility index (Phi) is 7.38. The van der Waals surface area contributed by atoms with Crippen molar-refractivity contribution in [1.29, 1.82) is 0 Å². The van der Waals surface area contributed by atoms with Crippen LogP contribution < -0.4 is 10.3 Å². The van der Waals surface area contributed by atoms with E-state index in [4.69, 9.17) is 4.74 Å². The molecule has 9 nitrogen and oxygen atoms in total. The molecule has 0 radical (unpaired) electrons. The van der Waals surface area contributed by atoms with Crippen LogP contribution in [0.1, 0.15) is 55.1 Å². The first-order valence-electron chi connectivity index (χ1n) is 13.8. The summed E-state index contributed by atoms with van der Waals surface area (Å²) in [6.45, 7) is 3.89. The van der Waals surface area contributed by atoms with Crippen LogP contribution >= 0.6 is 0 Å². The number of ether oxygens (including phenoxy) is 1. The van der Waals surface area contributed by atoms with Crippen LogP contribution in [0.4, 0.5) is 4.39 Å². The molecule has 4 aromatic rings. The molecule has 1 saturated carbocycles. The summed E-state index contributed by atoms with van der Waals surface area (Å²) in [4.78, 5) is 21.6. The number of rotatable bonds is 7. The van der Waals surface area contributed by atoms with Gasteiger partial charge in [0.1, 0.15) is 17.6 Å². The lowest BCUT2D eigenvalue weighted by molar-refractivity contribution is 0.0618. The minimum atomic E-state index is -0.427. The summed E-state index contributed by atoms with van der Waals surface area (Å²) in [5, 5.41) is 13.6. The lowest BCUT2D eigenvalue weighted by atomic mass is 9.93. The highest BCUT2D eigenvalue weighted by molar-refractivity contribution is 5.80. The standard InChI is InChI=1S/C29H34FN7O2/c1-39-24-12-9-21-17-25(29(38)31-26(21)18-24)27(36-15-13-35(14-16-36)23-5-3-2-4-6-23)28-32-33-34-37(28)19-20-7-10-22(30)11-8-20/h7-12,17-18,23,27H,2-6,13-16,19H2,1H3,(H,31,38)/t27-/m0/s1. The van der Waals surface area contributed by atoms with E-state index in [9.17, 15) is 9.18 Å². The molecular weight excluding hydrogens is 497 g/mol. The van der Waals surface area contributed by atoms with Crippen LogP contribution in [-0.2, 0) is 6.54 Å². The fraction of sp³-hybridized carbons (Fsp3) is 0.448. The number of nitrogens with zero attached hydrogens (tertiary/aromatic N) is 6. The summed E-state index contributed by atoms with van der Waals surface area (Å²) < 4.78 is 20.6. The molecule has 2 aromatic carbocycles. The first kappa shape index (κ1) is 25.6. The highest BCUT2D eigenvalue weighted by Crippen LogP contribution is 2.30. The molecule has 1 atom stereocenters. The fourth-order valence-corrected chi connectivity index (χ4v) is 6.12. The van der Waals surface area contributed by atoms with Gasteiger partial charge in [-0.1, -0.05) is 31.4 Å². The molecule has 2 aromatic heterocycles. The second-order valence-electron chi connectivity index (χ2n) is 10.6. The summed E-state index contributed by atoms with van der Waals surface area (Å²) in [7, 11) is 1.61. The third-order valence-electron chi connectivity index (χ3n) is 8.23. The Morgan fingerprint density at radius 2 is 1.79 bits per heavy atom. The molecule has 0 unspecified atom stereocenters. The normalized spacial score (nSPS) is 18.4.